The molecule has 0 atom stereocenters. The maximum Gasteiger partial charge on any atom is 0.379 e. The van der Waals surface area contributed by atoms with Crippen molar-refractivity contribution in [2.75, 3.05) is 7.11 Å². The number of methoxy groups -OCH3 is 1. The molecule has 0 unspecified atom stereocenters. The average Bonchev–Trinajstić information content (AvgIpc) is 2.27. The lowest BCUT2D eigenvalue weighted by Gasteiger charge is -2.15. The molecule has 92 valence electrons. The van der Waals surface area contributed by atoms with Crippen LogP contribution in [-0.4, -0.2) is 24.2 Å². The predicted octanol–water partition coefficient (Wildman–Crippen LogP) is 2.30. The minimum Gasteiger partial charge on any atom is -0.477 e. The Balaban J connectivity index is 3.49. The number of hydrogen-bond acceptors (Lipinski definition) is 3. The van der Waals surface area contributed by atoms with E-state index < -0.39 is 29.0 Å². The third-order valence-electron chi connectivity index (χ3n) is 2.01. The van der Waals surface area contributed by atoms with Gasteiger partial charge in [-0.05, 0) is 6.07 Å². The molecule has 1 aromatic carbocycles. The summed E-state index contributed by atoms with van der Waals surface area (Å²) in [5, 5.41) is 8.12. The van der Waals surface area contributed by atoms with Gasteiger partial charge in [0.1, 0.15) is 0 Å². The molecule has 0 heterocycles. The molecule has 0 spiro atoms. The number of benzene rings is 1. The van der Waals surface area contributed by atoms with Crippen LogP contribution in [0, 0.1) is 0 Å². The van der Waals surface area contributed by atoms with Crippen LogP contribution in [0.1, 0.15) is 15.9 Å². The van der Waals surface area contributed by atoms with E-state index in [1.54, 1.807) is 0 Å². The predicted molar refractivity (Wildman–Crippen MR) is 54.3 cm³/mol. The third-order valence-corrected chi connectivity index (χ3v) is 2.32. The Morgan fingerprint density at radius 1 is 1.41 bits per heavy atom. The topological polar surface area (TPSA) is 63.6 Å². The SMILES string of the molecule is COC(=O)c1c(Cl)cccc1C(F)(F)C(=O)O. The first-order chi connectivity index (χ1) is 7.82. The van der Waals surface area contributed by atoms with Gasteiger partial charge in [0.2, 0.25) is 0 Å². The van der Waals surface area contributed by atoms with Crippen LogP contribution in [-0.2, 0) is 15.5 Å². The van der Waals surface area contributed by atoms with Gasteiger partial charge in [-0.1, -0.05) is 23.7 Å². The Labute approximate surface area is 99.8 Å². The van der Waals surface area contributed by atoms with Crippen LogP contribution in [0.25, 0.3) is 0 Å². The van der Waals surface area contributed by atoms with E-state index in [1.165, 1.54) is 6.07 Å². The van der Waals surface area contributed by atoms with Crippen molar-refractivity contribution in [2.24, 2.45) is 0 Å². The monoisotopic (exact) mass is 264 g/mol. The van der Waals surface area contributed by atoms with Crippen molar-refractivity contribution in [2.45, 2.75) is 5.92 Å². The van der Waals surface area contributed by atoms with Gasteiger partial charge < -0.3 is 9.84 Å². The maximum absolute atomic E-state index is 13.3. The second-order valence-corrected chi connectivity index (χ2v) is 3.44. The molecule has 0 aliphatic carbocycles. The highest BCUT2D eigenvalue weighted by Gasteiger charge is 2.44. The Kier molecular flexibility index (Phi) is 3.67. The number of alkyl halides is 2. The van der Waals surface area contributed by atoms with E-state index in [2.05, 4.69) is 4.74 Å². The molecule has 0 radical (unpaired) electrons. The van der Waals surface area contributed by atoms with E-state index in [9.17, 15) is 18.4 Å². The van der Waals surface area contributed by atoms with Crippen molar-refractivity contribution in [3.8, 4) is 0 Å². The number of esters is 1. The number of aliphatic carboxylic acids is 1. The van der Waals surface area contributed by atoms with Crippen molar-refractivity contribution < 1.29 is 28.2 Å². The molecule has 1 rings (SSSR count). The number of carbonyl (C=O) groups is 2. The number of carboxylic acids is 1. The molecular formula is C10H7ClF2O4. The van der Waals surface area contributed by atoms with Crippen LogP contribution in [0.15, 0.2) is 18.2 Å². The summed E-state index contributed by atoms with van der Waals surface area (Å²) in [4.78, 5) is 21.7. The summed E-state index contributed by atoms with van der Waals surface area (Å²) in [6.07, 6.45) is 0. The van der Waals surface area contributed by atoms with Crippen molar-refractivity contribution in [3.05, 3.63) is 34.3 Å². The first-order valence-electron chi connectivity index (χ1n) is 4.31. The van der Waals surface area contributed by atoms with Gasteiger partial charge in [0.15, 0.2) is 0 Å². The van der Waals surface area contributed by atoms with Crippen molar-refractivity contribution in [1.29, 1.82) is 0 Å². The summed E-state index contributed by atoms with van der Waals surface area (Å²) < 4.78 is 31.0. The third kappa shape index (κ3) is 2.36. The minimum atomic E-state index is -4.21. The zero-order chi connectivity index (χ0) is 13.2. The lowest BCUT2D eigenvalue weighted by molar-refractivity contribution is -0.166. The Bertz CT molecular complexity index is 473. The summed E-state index contributed by atoms with van der Waals surface area (Å²) in [5.74, 6) is -7.70. The molecule has 4 nitrogen and oxygen atoms in total. The highest BCUT2D eigenvalue weighted by molar-refractivity contribution is 6.33. The molecule has 17 heavy (non-hydrogen) atoms. The average molecular weight is 265 g/mol. The summed E-state index contributed by atoms with van der Waals surface area (Å²) in [6.45, 7) is 0. The lowest BCUT2D eigenvalue weighted by Crippen LogP contribution is -2.28. The fraction of sp³-hybridized carbons (Fsp3) is 0.200. The second kappa shape index (κ2) is 4.67. The molecule has 0 amide bonds. The fourth-order valence-electron chi connectivity index (χ4n) is 1.21. The molecule has 0 saturated carbocycles. The van der Waals surface area contributed by atoms with E-state index in [4.69, 9.17) is 16.7 Å². The van der Waals surface area contributed by atoms with E-state index in [-0.39, 0.29) is 5.02 Å². The van der Waals surface area contributed by atoms with Gasteiger partial charge in [-0.3, -0.25) is 0 Å². The molecule has 1 N–H and O–H groups in total. The fourth-order valence-corrected chi connectivity index (χ4v) is 1.46. The first-order valence-corrected chi connectivity index (χ1v) is 4.68. The van der Waals surface area contributed by atoms with Crippen LogP contribution < -0.4 is 0 Å². The van der Waals surface area contributed by atoms with Crippen molar-refractivity contribution >= 4 is 23.5 Å². The highest BCUT2D eigenvalue weighted by Crippen LogP contribution is 2.34. The summed E-state index contributed by atoms with van der Waals surface area (Å²) in [7, 11) is 0.981. The number of carbonyl (C=O) groups excluding carboxylic acids is 1. The second-order valence-electron chi connectivity index (χ2n) is 3.03. The van der Waals surface area contributed by atoms with Crippen LogP contribution in [0.5, 0.6) is 0 Å². The normalized spacial score (nSPS) is 11.1. The molecule has 0 saturated heterocycles. The number of hydrogen-bond donors (Lipinski definition) is 1. The van der Waals surface area contributed by atoms with Crippen LogP contribution in [0.2, 0.25) is 5.02 Å². The zero-order valence-corrected chi connectivity index (χ0v) is 9.29. The smallest absolute Gasteiger partial charge is 0.379 e. The number of carboxylic acid groups (broad SMARTS) is 1. The molecule has 0 aliphatic rings. The van der Waals surface area contributed by atoms with Crippen LogP contribution in [0.4, 0.5) is 8.78 Å². The van der Waals surface area contributed by atoms with Crippen molar-refractivity contribution in [3.63, 3.8) is 0 Å². The van der Waals surface area contributed by atoms with Gasteiger partial charge in [0.05, 0.1) is 17.7 Å². The van der Waals surface area contributed by atoms with Gasteiger partial charge in [-0.25, -0.2) is 9.59 Å². The van der Waals surface area contributed by atoms with Crippen LogP contribution in [0.3, 0.4) is 0 Å². The summed E-state index contributed by atoms with van der Waals surface area (Å²) in [5.41, 5.74) is -1.64. The lowest BCUT2D eigenvalue weighted by atomic mass is 10.0. The molecule has 0 aliphatic heterocycles. The van der Waals surface area contributed by atoms with Gasteiger partial charge >= 0.3 is 17.9 Å². The molecule has 0 bridgehead atoms. The largest absolute Gasteiger partial charge is 0.477 e. The van der Waals surface area contributed by atoms with Gasteiger partial charge in [0.25, 0.3) is 0 Å². The van der Waals surface area contributed by atoms with E-state index in [1.807, 2.05) is 0 Å². The Hall–Kier alpha value is -1.69. The number of rotatable bonds is 3. The standard InChI is InChI=1S/C10H7ClF2O4/c1-17-8(14)7-5(3-2-4-6(7)11)10(12,13)9(15)16/h2-4H,1H3,(H,15,16). The minimum absolute atomic E-state index is 0.296. The number of ether oxygens (including phenoxy) is 1. The maximum atomic E-state index is 13.3. The molecule has 1 aromatic rings. The van der Waals surface area contributed by atoms with Crippen LogP contribution >= 0.6 is 11.6 Å². The highest BCUT2D eigenvalue weighted by atomic mass is 35.5. The zero-order valence-electron chi connectivity index (χ0n) is 8.54. The first kappa shape index (κ1) is 13.4. The van der Waals surface area contributed by atoms with E-state index >= 15 is 0 Å². The van der Waals surface area contributed by atoms with Gasteiger partial charge in [-0.15, -0.1) is 0 Å². The quantitative estimate of drug-likeness (QED) is 0.851. The molecule has 0 fully saturated rings. The molecular weight excluding hydrogens is 258 g/mol. The van der Waals surface area contributed by atoms with Gasteiger partial charge in [-0.2, -0.15) is 8.78 Å². The van der Waals surface area contributed by atoms with Gasteiger partial charge in [0, 0.05) is 5.56 Å². The van der Waals surface area contributed by atoms with E-state index in [0.717, 1.165) is 19.2 Å². The van der Waals surface area contributed by atoms with Crippen molar-refractivity contribution in [1.82, 2.24) is 0 Å². The van der Waals surface area contributed by atoms with E-state index in [0.29, 0.717) is 0 Å². The Morgan fingerprint density at radius 3 is 2.47 bits per heavy atom. The Morgan fingerprint density at radius 2 is 2.00 bits per heavy atom. The molecule has 0 aromatic heterocycles. The summed E-state index contributed by atoms with van der Waals surface area (Å²) >= 11 is 5.59. The number of halogens is 3. The molecule has 7 heteroatoms. The summed E-state index contributed by atoms with van der Waals surface area (Å²) in [6, 6.07) is 3.13.